The van der Waals surface area contributed by atoms with Crippen LogP contribution in [-0.2, 0) is 4.79 Å². The van der Waals surface area contributed by atoms with Gasteiger partial charge in [0.1, 0.15) is 21.9 Å². The fourth-order valence-electron chi connectivity index (χ4n) is 2.71. The maximum absolute atomic E-state index is 11.7. The first kappa shape index (κ1) is 18.6. The van der Waals surface area contributed by atoms with Gasteiger partial charge in [0.15, 0.2) is 5.58 Å². The second-order valence-electron chi connectivity index (χ2n) is 5.92. The van der Waals surface area contributed by atoms with Crippen molar-refractivity contribution in [1.29, 1.82) is 0 Å². The number of fused-ring (bicyclic) bond motifs is 1. The number of rotatable bonds is 6. The first-order valence-corrected chi connectivity index (χ1v) is 9.24. The van der Waals surface area contributed by atoms with Crippen LogP contribution >= 0.6 is 11.8 Å². The molecule has 0 aliphatic rings. The third kappa shape index (κ3) is 3.92. The van der Waals surface area contributed by atoms with E-state index in [1.807, 2.05) is 6.07 Å². The van der Waals surface area contributed by atoms with Crippen molar-refractivity contribution in [3.63, 3.8) is 0 Å². The van der Waals surface area contributed by atoms with Gasteiger partial charge in [0.25, 0.3) is 5.22 Å². The molecule has 0 unspecified atom stereocenters. The number of thioether (sulfide) groups is 1. The first-order chi connectivity index (χ1) is 14.0. The van der Waals surface area contributed by atoms with Crippen LogP contribution in [0.15, 0.2) is 79.6 Å². The van der Waals surface area contributed by atoms with Gasteiger partial charge in [-0.1, -0.05) is 30.3 Å². The molecule has 4 rings (SSSR count). The minimum atomic E-state index is -1.17. The Hall–Kier alpha value is -3.78. The van der Waals surface area contributed by atoms with Gasteiger partial charge < -0.3 is 19.0 Å². The van der Waals surface area contributed by atoms with E-state index in [1.54, 1.807) is 48.5 Å². The van der Waals surface area contributed by atoms with E-state index in [4.69, 9.17) is 8.83 Å². The van der Waals surface area contributed by atoms with Gasteiger partial charge in [-0.05, 0) is 42.1 Å². The average molecular weight is 407 g/mol. The molecule has 0 aliphatic carbocycles. The number of oxazole rings is 1. The van der Waals surface area contributed by atoms with Crippen LogP contribution in [-0.4, -0.2) is 27.1 Å². The lowest BCUT2D eigenvalue weighted by molar-refractivity contribution is -0.131. The van der Waals surface area contributed by atoms with E-state index in [1.165, 1.54) is 12.1 Å². The molecule has 0 saturated carbocycles. The van der Waals surface area contributed by atoms with Crippen molar-refractivity contribution < 1.29 is 28.6 Å². The zero-order valence-corrected chi connectivity index (χ0v) is 15.6. The van der Waals surface area contributed by atoms with Gasteiger partial charge in [0, 0.05) is 11.6 Å². The maximum Gasteiger partial charge on any atom is 0.342 e. The van der Waals surface area contributed by atoms with Gasteiger partial charge in [0.05, 0.1) is 5.56 Å². The molecule has 144 valence electrons. The number of hydrogen-bond donors (Lipinski definition) is 2. The summed E-state index contributed by atoms with van der Waals surface area (Å²) in [6.45, 7) is 0. The second kappa shape index (κ2) is 7.69. The Balaban J connectivity index is 1.65. The van der Waals surface area contributed by atoms with E-state index in [0.29, 0.717) is 22.4 Å². The number of nitrogens with zero attached hydrogens (tertiary/aromatic N) is 1. The van der Waals surface area contributed by atoms with Gasteiger partial charge in [0.2, 0.25) is 0 Å². The van der Waals surface area contributed by atoms with Crippen LogP contribution in [0.1, 0.15) is 16.1 Å². The third-order valence-electron chi connectivity index (χ3n) is 4.01. The van der Waals surface area contributed by atoms with Gasteiger partial charge >= 0.3 is 11.9 Å². The number of furan rings is 1. The molecule has 4 aromatic rings. The number of benzene rings is 2. The van der Waals surface area contributed by atoms with Crippen molar-refractivity contribution in [2.45, 2.75) is 5.22 Å². The minimum Gasteiger partial charge on any atom is -0.478 e. The van der Waals surface area contributed by atoms with Crippen LogP contribution in [0.25, 0.3) is 28.5 Å². The summed E-state index contributed by atoms with van der Waals surface area (Å²) in [6.07, 6.45) is 1.34. The Morgan fingerprint density at radius 3 is 2.45 bits per heavy atom. The zero-order valence-electron chi connectivity index (χ0n) is 14.7. The van der Waals surface area contributed by atoms with Gasteiger partial charge in [-0.3, -0.25) is 0 Å². The van der Waals surface area contributed by atoms with Crippen molar-refractivity contribution >= 4 is 40.9 Å². The summed E-state index contributed by atoms with van der Waals surface area (Å²) < 4.78 is 11.2. The van der Waals surface area contributed by atoms with Crippen molar-refractivity contribution in [3.8, 4) is 11.3 Å². The highest BCUT2D eigenvalue weighted by Gasteiger charge is 2.17. The predicted octanol–water partition coefficient (Wildman–Crippen LogP) is 5.00. The largest absolute Gasteiger partial charge is 0.478 e. The van der Waals surface area contributed by atoms with Gasteiger partial charge in [-0.25, -0.2) is 14.6 Å². The molecule has 0 saturated heterocycles. The van der Waals surface area contributed by atoms with Crippen molar-refractivity contribution in [3.05, 3.63) is 76.9 Å². The van der Waals surface area contributed by atoms with E-state index >= 15 is 0 Å². The maximum atomic E-state index is 11.7. The van der Waals surface area contributed by atoms with E-state index < -0.39 is 11.9 Å². The van der Waals surface area contributed by atoms with E-state index in [-0.39, 0.29) is 21.5 Å². The number of carboxylic acid groups (broad SMARTS) is 2. The standard InChI is InChI=1S/C21H13NO6S/c23-19(24)14-6-2-1-5-13(14)16-10-9-12(27-16)11-18(20(25)26)29-21-22-15-7-3-4-8-17(15)28-21/h1-11H,(H,23,24)(H,25,26)/b18-11+. The SMILES string of the molecule is O=C(O)/C(=C\c1ccc(-c2ccccc2C(=O)O)o1)Sc1nc2ccccc2o1. The Morgan fingerprint density at radius 2 is 1.69 bits per heavy atom. The topological polar surface area (TPSA) is 114 Å². The lowest BCUT2D eigenvalue weighted by atomic mass is 10.1. The second-order valence-corrected chi connectivity index (χ2v) is 6.91. The molecule has 2 aromatic heterocycles. The van der Waals surface area contributed by atoms with Gasteiger partial charge in [-0.15, -0.1) is 0 Å². The highest BCUT2D eigenvalue weighted by molar-refractivity contribution is 8.03. The monoisotopic (exact) mass is 407 g/mol. The van der Waals surface area contributed by atoms with E-state index in [9.17, 15) is 19.8 Å². The molecule has 8 heteroatoms. The van der Waals surface area contributed by atoms with E-state index in [2.05, 4.69) is 4.98 Å². The zero-order chi connectivity index (χ0) is 20.4. The number of aromatic carboxylic acids is 1. The van der Waals surface area contributed by atoms with E-state index in [0.717, 1.165) is 11.8 Å². The third-order valence-corrected chi connectivity index (χ3v) is 4.87. The molecule has 2 aromatic carbocycles. The number of carbonyl (C=O) groups is 2. The van der Waals surface area contributed by atoms with Crippen molar-refractivity contribution in [1.82, 2.24) is 4.98 Å². The quantitative estimate of drug-likeness (QED) is 0.339. The molecule has 0 spiro atoms. The average Bonchev–Trinajstić information content (AvgIpc) is 3.33. The van der Waals surface area contributed by atoms with Crippen LogP contribution in [0.2, 0.25) is 0 Å². The van der Waals surface area contributed by atoms with Crippen molar-refractivity contribution in [2.75, 3.05) is 0 Å². The summed E-state index contributed by atoms with van der Waals surface area (Å²) in [4.78, 5) is 27.3. The van der Waals surface area contributed by atoms with Crippen LogP contribution < -0.4 is 0 Å². The molecule has 29 heavy (non-hydrogen) atoms. The molecular formula is C21H13NO6S. The Kier molecular flexibility index (Phi) is 4.92. The van der Waals surface area contributed by atoms with Crippen LogP contribution in [0, 0.1) is 0 Å². The highest BCUT2D eigenvalue weighted by Crippen LogP contribution is 2.32. The molecule has 0 aliphatic heterocycles. The molecule has 2 heterocycles. The minimum absolute atomic E-state index is 0.0519. The molecule has 0 bridgehead atoms. The summed E-state index contributed by atoms with van der Waals surface area (Å²) in [5.74, 6) is -1.65. The molecule has 0 radical (unpaired) electrons. The Labute approximate surface area is 168 Å². The lowest BCUT2D eigenvalue weighted by Crippen LogP contribution is -1.98. The number of carboxylic acids is 2. The van der Waals surface area contributed by atoms with Gasteiger partial charge in [-0.2, -0.15) is 0 Å². The number of para-hydroxylation sites is 2. The fraction of sp³-hybridized carbons (Fsp3) is 0. The predicted molar refractivity (Wildman–Crippen MR) is 107 cm³/mol. The summed E-state index contributed by atoms with van der Waals surface area (Å²) >= 11 is 0.860. The number of aromatic nitrogens is 1. The Bertz CT molecular complexity index is 1220. The highest BCUT2D eigenvalue weighted by atomic mass is 32.2. The molecule has 2 N–H and O–H groups in total. The van der Waals surface area contributed by atoms with Crippen molar-refractivity contribution in [2.24, 2.45) is 0 Å². The van der Waals surface area contributed by atoms with Crippen LogP contribution in [0.5, 0.6) is 0 Å². The van der Waals surface area contributed by atoms with Crippen LogP contribution in [0.4, 0.5) is 0 Å². The number of aliphatic carboxylic acids is 1. The first-order valence-electron chi connectivity index (χ1n) is 8.42. The molecule has 0 atom stereocenters. The molecule has 7 nitrogen and oxygen atoms in total. The normalized spacial score (nSPS) is 11.7. The Morgan fingerprint density at radius 1 is 0.931 bits per heavy atom. The summed E-state index contributed by atoms with van der Waals surface area (Å²) in [7, 11) is 0. The summed E-state index contributed by atoms with van der Waals surface area (Å²) in [6, 6.07) is 16.7. The fourth-order valence-corrected chi connectivity index (χ4v) is 3.44. The summed E-state index contributed by atoms with van der Waals surface area (Å²) in [5, 5.41) is 19.1. The number of hydrogen-bond acceptors (Lipinski definition) is 6. The molecular weight excluding hydrogens is 394 g/mol. The summed E-state index contributed by atoms with van der Waals surface area (Å²) in [5.41, 5.74) is 1.69. The smallest absolute Gasteiger partial charge is 0.342 e. The molecule has 0 fully saturated rings. The lowest BCUT2D eigenvalue weighted by Gasteiger charge is -2.02. The van der Waals surface area contributed by atoms with Crippen LogP contribution in [0.3, 0.4) is 0 Å². The molecule has 0 amide bonds.